The van der Waals surface area contributed by atoms with E-state index in [1.165, 1.54) is 6.07 Å². The summed E-state index contributed by atoms with van der Waals surface area (Å²) in [5.41, 5.74) is 0.406. The number of thiazole rings is 1. The Hall–Kier alpha value is -2.56. The number of pyridine rings is 1. The number of hydrogen-bond donors (Lipinski definition) is 1. The van der Waals surface area contributed by atoms with Crippen molar-refractivity contribution in [2.45, 2.75) is 31.6 Å². The molecule has 0 spiro atoms. The van der Waals surface area contributed by atoms with Crippen LogP contribution in [0.2, 0.25) is 9.36 Å². The Morgan fingerprint density at radius 2 is 2.16 bits per heavy atom. The van der Waals surface area contributed by atoms with Gasteiger partial charge in [-0.05, 0) is 38.0 Å². The molecule has 0 unspecified atom stereocenters. The average Bonchev–Trinajstić information content (AvgIpc) is 3.09. The number of nitrogens with one attached hydrogen (secondary N) is 1. The third-order valence-corrected chi connectivity index (χ3v) is 6.66. The molecule has 0 amide bonds. The van der Waals surface area contributed by atoms with Crippen molar-refractivity contribution in [3.8, 4) is 16.6 Å². The summed E-state index contributed by atoms with van der Waals surface area (Å²) >= 11 is 13.6. The Morgan fingerprint density at radius 3 is 2.81 bits per heavy atom. The van der Waals surface area contributed by atoms with Gasteiger partial charge in [-0.15, -0.1) is 10.2 Å². The first kappa shape index (κ1) is 22.6. The number of hydrogen-bond acceptors (Lipinski definition) is 9. The van der Waals surface area contributed by atoms with E-state index in [0.717, 1.165) is 30.6 Å². The molecule has 0 atom stereocenters. The van der Waals surface area contributed by atoms with E-state index >= 15 is 0 Å². The van der Waals surface area contributed by atoms with Gasteiger partial charge in [0, 0.05) is 18.2 Å². The van der Waals surface area contributed by atoms with E-state index in [4.69, 9.17) is 32.7 Å². The number of nitrogens with zero attached hydrogens (tertiary/aromatic N) is 4. The average molecular weight is 498 g/mol. The van der Waals surface area contributed by atoms with Crippen molar-refractivity contribution in [2.24, 2.45) is 0 Å². The minimum absolute atomic E-state index is 0.0745. The lowest BCUT2D eigenvalue weighted by atomic mass is 9.66. The van der Waals surface area contributed by atoms with Gasteiger partial charge in [-0.25, -0.2) is 9.18 Å². The molecule has 1 saturated carbocycles. The van der Waals surface area contributed by atoms with Gasteiger partial charge in [-0.2, -0.15) is 4.98 Å². The molecule has 3 heterocycles. The zero-order chi connectivity index (χ0) is 22.7. The van der Waals surface area contributed by atoms with Gasteiger partial charge in [0.1, 0.15) is 16.5 Å². The minimum atomic E-state index is -0.899. The number of carbonyl (C=O) groups excluding carboxylic acids is 1. The molecule has 8 nitrogen and oxygen atoms in total. The quantitative estimate of drug-likeness (QED) is 0.426. The lowest BCUT2D eigenvalue weighted by Crippen LogP contribution is -2.42. The van der Waals surface area contributed by atoms with E-state index in [0.29, 0.717) is 33.8 Å². The van der Waals surface area contributed by atoms with Crippen LogP contribution >= 0.6 is 34.5 Å². The first-order chi connectivity index (χ1) is 15.4. The fourth-order valence-electron chi connectivity index (χ4n) is 3.41. The third kappa shape index (κ3) is 4.62. The molecule has 1 aliphatic carbocycles. The highest BCUT2D eigenvalue weighted by atomic mass is 35.5. The summed E-state index contributed by atoms with van der Waals surface area (Å²) in [5, 5.41) is 12.2. The number of halogens is 3. The number of rotatable bonds is 7. The zero-order valence-electron chi connectivity index (χ0n) is 16.9. The molecule has 0 aliphatic heterocycles. The maximum Gasteiger partial charge on any atom is 0.515 e. The monoisotopic (exact) mass is 497 g/mol. The molecule has 1 fully saturated rings. The number of aromatic nitrogens is 4. The van der Waals surface area contributed by atoms with E-state index < -0.39 is 11.6 Å². The van der Waals surface area contributed by atoms with Gasteiger partial charge < -0.3 is 14.8 Å². The molecule has 3 aromatic rings. The van der Waals surface area contributed by atoms with Gasteiger partial charge in [0.2, 0.25) is 0 Å². The van der Waals surface area contributed by atoms with Crippen LogP contribution in [0, 0.1) is 5.82 Å². The van der Waals surface area contributed by atoms with Gasteiger partial charge in [0.25, 0.3) is 5.88 Å². The smallest absolute Gasteiger partial charge is 0.434 e. The van der Waals surface area contributed by atoms with E-state index in [1.54, 1.807) is 25.3 Å². The molecular formula is C20H18Cl2FN5O3S. The SMILES string of the molecule is CCOC(=O)Oc1nc(-c2cc(Cl)c(NCC3(c4ncccc4F)CCC3)nn2)sc1Cl. The second kappa shape index (κ2) is 9.51. The van der Waals surface area contributed by atoms with Crippen molar-refractivity contribution < 1.29 is 18.7 Å². The van der Waals surface area contributed by atoms with Crippen LogP contribution in [0.5, 0.6) is 5.88 Å². The first-order valence-electron chi connectivity index (χ1n) is 9.81. The zero-order valence-corrected chi connectivity index (χ0v) is 19.2. The van der Waals surface area contributed by atoms with E-state index in [1.807, 2.05) is 0 Å². The lowest BCUT2D eigenvalue weighted by Gasteiger charge is -2.41. The molecule has 12 heteroatoms. The van der Waals surface area contributed by atoms with Crippen LogP contribution in [0.3, 0.4) is 0 Å². The van der Waals surface area contributed by atoms with Crippen molar-refractivity contribution in [1.29, 1.82) is 0 Å². The summed E-state index contributed by atoms with van der Waals surface area (Å²) in [6, 6.07) is 4.58. The van der Waals surface area contributed by atoms with Crippen LogP contribution in [0.25, 0.3) is 10.7 Å². The molecular weight excluding hydrogens is 480 g/mol. The van der Waals surface area contributed by atoms with Crippen LogP contribution in [0.4, 0.5) is 15.0 Å². The van der Waals surface area contributed by atoms with Crippen LogP contribution in [-0.4, -0.2) is 39.5 Å². The van der Waals surface area contributed by atoms with Gasteiger partial charge in [0.05, 0.1) is 17.3 Å². The van der Waals surface area contributed by atoms with Gasteiger partial charge in [-0.3, -0.25) is 4.98 Å². The molecule has 0 aromatic carbocycles. The fourth-order valence-corrected chi connectivity index (χ4v) is 4.59. The summed E-state index contributed by atoms with van der Waals surface area (Å²) < 4.78 is 24.2. The Bertz CT molecular complexity index is 1140. The Labute approximate surface area is 197 Å². The standard InChI is InChI=1S/C20H18Cl2FN5O3S/c1-2-30-19(29)31-17-15(22)32-18(26-17)13-9-11(21)16(28-27-13)25-10-20(6-4-7-20)14-12(23)5-3-8-24-14/h3,5,8-9H,2,4,6-7,10H2,1H3,(H,25,28). The number of carbonyl (C=O) groups is 1. The van der Waals surface area contributed by atoms with Crippen molar-refractivity contribution in [3.63, 3.8) is 0 Å². The maximum absolute atomic E-state index is 14.3. The van der Waals surface area contributed by atoms with E-state index in [-0.39, 0.29) is 22.6 Å². The van der Waals surface area contributed by atoms with Gasteiger partial charge in [0.15, 0.2) is 10.2 Å². The Balaban J connectivity index is 1.48. The van der Waals surface area contributed by atoms with E-state index in [2.05, 4.69) is 25.5 Å². The van der Waals surface area contributed by atoms with Gasteiger partial charge >= 0.3 is 6.16 Å². The number of ether oxygens (including phenoxy) is 2. The molecule has 1 aliphatic rings. The highest BCUT2D eigenvalue weighted by molar-refractivity contribution is 7.19. The van der Waals surface area contributed by atoms with Crippen molar-refractivity contribution in [1.82, 2.24) is 20.2 Å². The summed E-state index contributed by atoms with van der Waals surface area (Å²) in [7, 11) is 0. The Morgan fingerprint density at radius 1 is 1.34 bits per heavy atom. The molecule has 4 rings (SSSR count). The second-order valence-corrected chi connectivity index (χ2v) is 9.14. The maximum atomic E-state index is 14.3. The number of anilines is 1. The molecule has 1 N–H and O–H groups in total. The highest BCUT2D eigenvalue weighted by Crippen LogP contribution is 2.44. The van der Waals surface area contributed by atoms with Crippen LogP contribution in [0.1, 0.15) is 31.9 Å². The molecule has 0 radical (unpaired) electrons. The fraction of sp³-hybridized carbons (Fsp3) is 0.350. The molecule has 32 heavy (non-hydrogen) atoms. The topological polar surface area (TPSA) is 99.1 Å². The minimum Gasteiger partial charge on any atom is -0.434 e. The Kier molecular flexibility index (Phi) is 6.73. The van der Waals surface area contributed by atoms with Crippen LogP contribution in [-0.2, 0) is 10.2 Å². The molecule has 168 valence electrons. The van der Waals surface area contributed by atoms with Crippen molar-refractivity contribution in [3.05, 3.63) is 45.3 Å². The first-order valence-corrected chi connectivity index (χ1v) is 11.4. The van der Waals surface area contributed by atoms with E-state index in [9.17, 15) is 9.18 Å². The van der Waals surface area contributed by atoms with Crippen molar-refractivity contribution >= 4 is 46.5 Å². The molecule has 0 saturated heterocycles. The summed E-state index contributed by atoms with van der Waals surface area (Å²) in [4.78, 5) is 19.9. The normalized spacial score (nSPS) is 14.5. The highest BCUT2D eigenvalue weighted by Gasteiger charge is 2.42. The van der Waals surface area contributed by atoms with Crippen molar-refractivity contribution in [2.75, 3.05) is 18.5 Å². The molecule has 0 bridgehead atoms. The predicted octanol–water partition coefficient (Wildman–Crippen LogP) is 5.51. The lowest BCUT2D eigenvalue weighted by molar-refractivity contribution is 0.103. The van der Waals surface area contributed by atoms with Crippen LogP contribution < -0.4 is 10.1 Å². The van der Waals surface area contributed by atoms with Crippen LogP contribution in [0.15, 0.2) is 24.4 Å². The second-order valence-electron chi connectivity index (χ2n) is 7.13. The van der Waals surface area contributed by atoms with Gasteiger partial charge in [-0.1, -0.05) is 41.0 Å². The molecule has 3 aromatic heterocycles. The predicted molar refractivity (Wildman–Crippen MR) is 119 cm³/mol. The summed E-state index contributed by atoms with van der Waals surface area (Å²) in [5.74, 6) is -0.0266. The summed E-state index contributed by atoms with van der Waals surface area (Å²) in [6.07, 6.45) is 3.33. The third-order valence-electron chi connectivity index (χ3n) is 5.13. The largest absolute Gasteiger partial charge is 0.515 e. The summed E-state index contributed by atoms with van der Waals surface area (Å²) in [6.45, 7) is 2.24.